The molecule has 0 aliphatic rings. The fourth-order valence-corrected chi connectivity index (χ4v) is 0.901. The number of ether oxygens (including phenoxy) is 2. The molecule has 0 N–H and O–H groups in total. The summed E-state index contributed by atoms with van der Waals surface area (Å²) in [6.45, 7) is 0. The lowest BCUT2D eigenvalue weighted by Crippen LogP contribution is -2.14. The van der Waals surface area contributed by atoms with Gasteiger partial charge in [0, 0.05) is 0 Å². The summed E-state index contributed by atoms with van der Waals surface area (Å²) in [7, 11) is 2.32. The monoisotopic (exact) mass is 231 g/mol. The van der Waals surface area contributed by atoms with Crippen LogP contribution in [0.3, 0.4) is 0 Å². The molecule has 1 heterocycles. The Hall–Kier alpha value is -1.76. The van der Waals surface area contributed by atoms with Gasteiger partial charge in [0.25, 0.3) is 5.82 Å². The van der Waals surface area contributed by atoms with Crippen molar-refractivity contribution in [1.82, 2.24) is 15.2 Å². The third kappa shape index (κ3) is 2.38. The zero-order valence-corrected chi connectivity index (χ0v) is 8.61. The van der Waals surface area contributed by atoms with Gasteiger partial charge < -0.3 is 9.47 Å². The van der Waals surface area contributed by atoms with Crippen LogP contribution >= 0.6 is 11.6 Å². The minimum atomic E-state index is -0.791. The van der Waals surface area contributed by atoms with Gasteiger partial charge in [0.05, 0.1) is 14.2 Å². The van der Waals surface area contributed by atoms with Crippen molar-refractivity contribution in [2.45, 2.75) is 0 Å². The molecule has 1 rings (SSSR count). The molecular formula is C7H6ClN3O4. The van der Waals surface area contributed by atoms with Gasteiger partial charge in [0.1, 0.15) is 0 Å². The van der Waals surface area contributed by atoms with E-state index >= 15 is 0 Å². The molecule has 8 heteroatoms. The summed E-state index contributed by atoms with van der Waals surface area (Å²) in [5, 5.41) is 6.49. The number of hydrogen-bond acceptors (Lipinski definition) is 7. The predicted molar refractivity (Wildman–Crippen MR) is 47.5 cm³/mol. The van der Waals surface area contributed by atoms with Crippen molar-refractivity contribution >= 4 is 23.5 Å². The van der Waals surface area contributed by atoms with Crippen molar-refractivity contribution in [2.75, 3.05) is 14.2 Å². The van der Waals surface area contributed by atoms with Gasteiger partial charge in [-0.15, -0.1) is 10.2 Å². The lowest BCUT2D eigenvalue weighted by molar-refractivity contribution is 0.0567. The van der Waals surface area contributed by atoms with Gasteiger partial charge in [-0.1, -0.05) is 11.6 Å². The maximum absolute atomic E-state index is 11.0. The molecule has 0 bridgehead atoms. The van der Waals surface area contributed by atoms with Crippen LogP contribution in [0.4, 0.5) is 0 Å². The first-order valence-electron chi connectivity index (χ1n) is 3.67. The average molecular weight is 232 g/mol. The largest absolute Gasteiger partial charge is 0.464 e. The topological polar surface area (TPSA) is 91.3 Å². The second-order valence-corrected chi connectivity index (χ2v) is 2.62. The number of carbonyl (C=O) groups excluding carboxylic acids is 2. The van der Waals surface area contributed by atoms with E-state index in [1.165, 1.54) is 0 Å². The Labute approximate surface area is 89.4 Å². The highest BCUT2D eigenvalue weighted by molar-refractivity contribution is 6.32. The maximum atomic E-state index is 11.0. The molecule has 0 radical (unpaired) electrons. The number of rotatable bonds is 2. The number of esters is 2. The van der Waals surface area contributed by atoms with E-state index in [1.54, 1.807) is 0 Å². The van der Waals surface area contributed by atoms with E-state index in [4.69, 9.17) is 11.6 Å². The normalized spacial score (nSPS) is 9.53. The van der Waals surface area contributed by atoms with Crippen LogP contribution in [-0.4, -0.2) is 41.3 Å². The first-order chi connectivity index (χ1) is 7.10. The zero-order valence-electron chi connectivity index (χ0n) is 7.85. The molecule has 0 amide bonds. The summed E-state index contributed by atoms with van der Waals surface area (Å²) in [4.78, 5) is 25.5. The molecule has 0 saturated carbocycles. The number of halogens is 1. The summed E-state index contributed by atoms with van der Waals surface area (Å²) in [5.41, 5.74) is -0.258. The first-order valence-corrected chi connectivity index (χ1v) is 4.04. The molecule has 7 nitrogen and oxygen atoms in total. The minimum absolute atomic E-state index is 0.258. The number of carbonyl (C=O) groups is 2. The second kappa shape index (κ2) is 4.65. The summed E-state index contributed by atoms with van der Waals surface area (Å²) < 4.78 is 8.70. The van der Waals surface area contributed by atoms with Gasteiger partial charge in [-0.05, 0) is 0 Å². The van der Waals surface area contributed by atoms with Crippen molar-refractivity contribution in [1.29, 1.82) is 0 Å². The molecule has 1 aromatic rings. The Kier molecular flexibility index (Phi) is 3.51. The van der Waals surface area contributed by atoms with Crippen LogP contribution in [0, 0.1) is 0 Å². The Morgan fingerprint density at radius 2 is 1.73 bits per heavy atom. The first kappa shape index (κ1) is 11.3. The van der Waals surface area contributed by atoms with Gasteiger partial charge >= 0.3 is 11.9 Å². The Morgan fingerprint density at radius 3 is 2.20 bits per heavy atom. The third-order valence-corrected chi connectivity index (χ3v) is 1.65. The minimum Gasteiger partial charge on any atom is -0.464 e. The molecule has 0 saturated heterocycles. The van der Waals surface area contributed by atoms with Crippen molar-refractivity contribution in [3.8, 4) is 0 Å². The van der Waals surface area contributed by atoms with E-state index in [0.29, 0.717) is 0 Å². The summed E-state index contributed by atoms with van der Waals surface area (Å²) >= 11 is 5.58. The zero-order chi connectivity index (χ0) is 11.4. The van der Waals surface area contributed by atoms with Crippen molar-refractivity contribution in [2.24, 2.45) is 0 Å². The van der Waals surface area contributed by atoms with Crippen molar-refractivity contribution < 1.29 is 19.1 Å². The Balaban J connectivity index is 3.08. The van der Waals surface area contributed by atoms with Crippen LogP contribution in [0.15, 0.2) is 0 Å². The smallest absolute Gasteiger partial charge is 0.378 e. The standard InChI is InChI=1S/C7H6ClN3O4/c1-14-6(12)3-4(8)9-5(11-10-3)7(13)15-2/h1-2H3. The number of aromatic nitrogens is 3. The highest BCUT2D eigenvalue weighted by atomic mass is 35.5. The fraction of sp³-hybridized carbons (Fsp3) is 0.286. The molecule has 0 aromatic carbocycles. The molecule has 0 aliphatic heterocycles. The van der Waals surface area contributed by atoms with Gasteiger partial charge in [0.2, 0.25) is 5.69 Å². The van der Waals surface area contributed by atoms with E-state index in [1.807, 2.05) is 0 Å². The molecule has 0 spiro atoms. The van der Waals surface area contributed by atoms with E-state index in [-0.39, 0.29) is 16.7 Å². The maximum Gasteiger partial charge on any atom is 0.378 e. The van der Waals surface area contributed by atoms with Crippen LogP contribution in [0.5, 0.6) is 0 Å². The van der Waals surface area contributed by atoms with E-state index in [2.05, 4.69) is 24.7 Å². The van der Waals surface area contributed by atoms with Crippen LogP contribution in [0.25, 0.3) is 0 Å². The Morgan fingerprint density at radius 1 is 1.13 bits per heavy atom. The number of nitrogens with zero attached hydrogens (tertiary/aromatic N) is 3. The SMILES string of the molecule is COC(=O)c1nnc(C(=O)OC)c(Cl)n1. The van der Waals surface area contributed by atoms with Crippen LogP contribution in [0.2, 0.25) is 5.15 Å². The highest BCUT2D eigenvalue weighted by Gasteiger charge is 2.18. The van der Waals surface area contributed by atoms with Crippen molar-refractivity contribution in [3.63, 3.8) is 0 Å². The quantitative estimate of drug-likeness (QED) is 0.667. The van der Waals surface area contributed by atoms with Gasteiger partial charge in [-0.2, -0.15) is 0 Å². The Bertz CT molecular complexity index is 409. The molecule has 1 aromatic heterocycles. The van der Waals surface area contributed by atoms with Crippen molar-refractivity contribution in [3.05, 3.63) is 16.7 Å². The van der Waals surface area contributed by atoms with Gasteiger partial charge in [0.15, 0.2) is 5.15 Å². The average Bonchev–Trinajstić information content (AvgIpc) is 2.26. The number of hydrogen-bond donors (Lipinski definition) is 0. The van der Waals surface area contributed by atoms with Crippen LogP contribution in [0.1, 0.15) is 21.1 Å². The van der Waals surface area contributed by atoms with Gasteiger partial charge in [-0.25, -0.2) is 14.6 Å². The molecule has 0 fully saturated rings. The molecule has 15 heavy (non-hydrogen) atoms. The summed E-state index contributed by atoms with van der Waals surface area (Å²) in [5.74, 6) is -1.90. The molecule has 0 unspecified atom stereocenters. The number of methoxy groups -OCH3 is 2. The molecular weight excluding hydrogens is 226 g/mol. The second-order valence-electron chi connectivity index (χ2n) is 2.26. The predicted octanol–water partition coefficient (Wildman–Crippen LogP) is 0.0982. The van der Waals surface area contributed by atoms with E-state index in [0.717, 1.165) is 14.2 Å². The molecule has 0 atom stereocenters. The van der Waals surface area contributed by atoms with Gasteiger partial charge in [-0.3, -0.25) is 0 Å². The lowest BCUT2D eigenvalue weighted by atomic mass is 10.5. The fourth-order valence-electron chi connectivity index (χ4n) is 0.706. The highest BCUT2D eigenvalue weighted by Crippen LogP contribution is 2.10. The van der Waals surface area contributed by atoms with E-state index < -0.39 is 11.9 Å². The molecule has 80 valence electrons. The summed E-state index contributed by atoms with van der Waals surface area (Å²) in [6.07, 6.45) is 0. The summed E-state index contributed by atoms with van der Waals surface area (Å²) in [6, 6.07) is 0. The lowest BCUT2D eigenvalue weighted by Gasteiger charge is -2.00. The molecule has 0 aliphatic carbocycles. The van der Waals surface area contributed by atoms with Crippen LogP contribution < -0.4 is 0 Å². The van der Waals surface area contributed by atoms with Crippen LogP contribution in [-0.2, 0) is 9.47 Å². The third-order valence-electron chi connectivity index (χ3n) is 1.39. The van der Waals surface area contributed by atoms with E-state index in [9.17, 15) is 9.59 Å².